The lowest BCUT2D eigenvalue weighted by Crippen LogP contribution is -2.31. The second-order valence-corrected chi connectivity index (χ2v) is 3.02. The lowest BCUT2D eigenvalue weighted by atomic mass is 10.4. The average molecular weight is 196 g/mol. The molecule has 1 rings (SSSR count). The molecule has 0 aliphatic heterocycles. The second kappa shape index (κ2) is 5.44. The quantitative estimate of drug-likeness (QED) is 0.689. The number of carbonyl (C=O) groups excluding carboxylic acids is 1. The zero-order valence-electron chi connectivity index (χ0n) is 8.59. The van der Waals surface area contributed by atoms with Gasteiger partial charge in [-0.1, -0.05) is 6.92 Å². The molecule has 0 saturated carbocycles. The van der Waals surface area contributed by atoms with Crippen molar-refractivity contribution in [3.63, 3.8) is 0 Å². The Morgan fingerprint density at radius 3 is 2.79 bits per heavy atom. The van der Waals surface area contributed by atoms with Crippen molar-refractivity contribution in [1.29, 1.82) is 0 Å². The maximum absolute atomic E-state index is 11.4. The lowest BCUT2D eigenvalue weighted by molar-refractivity contribution is 0.0925. The summed E-state index contributed by atoms with van der Waals surface area (Å²) in [4.78, 5) is 11.4. The van der Waals surface area contributed by atoms with Crippen LogP contribution in [0.3, 0.4) is 0 Å². The molecule has 0 saturated heterocycles. The topological polar surface area (TPSA) is 54.3 Å². The average Bonchev–Trinajstić information content (AvgIpc) is 2.59. The molecular weight excluding hydrogens is 180 g/mol. The lowest BCUT2D eigenvalue weighted by Gasteiger charge is -2.02. The van der Waals surface area contributed by atoms with E-state index in [0.717, 1.165) is 18.8 Å². The van der Waals surface area contributed by atoms with Gasteiger partial charge in [-0.15, -0.1) is 0 Å². The number of rotatable bonds is 5. The Bertz CT molecular complexity index is 294. The number of furan rings is 1. The van der Waals surface area contributed by atoms with Crippen molar-refractivity contribution in [3.8, 4) is 0 Å². The van der Waals surface area contributed by atoms with Crippen molar-refractivity contribution < 1.29 is 9.21 Å². The van der Waals surface area contributed by atoms with Crippen molar-refractivity contribution in [1.82, 2.24) is 10.6 Å². The van der Waals surface area contributed by atoms with Crippen molar-refractivity contribution in [3.05, 3.63) is 23.7 Å². The molecule has 2 N–H and O–H groups in total. The van der Waals surface area contributed by atoms with Gasteiger partial charge in [-0.05, 0) is 25.6 Å². The molecule has 0 unspecified atom stereocenters. The fraction of sp³-hybridized carbons (Fsp3) is 0.500. The molecule has 0 aliphatic carbocycles. The first-order valence-corrected chi connectivity index (χ1v) is 4.79. The van der Waals surface area contributed by atoms with E-state index in [9.17, 15) is 4.79 Å². The largest absolute Gasteiger partial charge is 0.456 e. The number of carbonyl (C=O) groups is 1. The van der Waals surface area contributed by atoms with Gasteiger partial charge in [0.25, 0.3) is 5.91 Å². The Morgan fingerprint density at radius 1 is 1.43 bits per heavy atom. The highest BCUT2D eigenvalue weighted by atomic mass is 16.3. The Hall–Kier alpha value is -1.29. The number of likely N-dealkylation sites (N-methyl/N-ethyl adjacent to an activating group) is 1. The summed E-state index contributed by atoms with van der Waals surface area (Å²) >= 11 is 0. The Labute approximate surface area is 83.7 Å². The van der Waals surface area contributed by atoms with Gasteiger partial charge in [0, 0.05) is 13.1 Å². The van der Waals surface area contributed by atoms with Crippen molar-refractivity contribution in [2.24, 2.45) is 0 Å². The van der Waals surface area contributed by atoms with Crippen LogP contribution in [0.5, 0.6) is 0 Å². The number of nitrogens with one attached hydrogen (secondary N) is 2. The van der Waals surface area contributed by atoms with Crippen LogP contribution in [0.15, 0.2) is 16.5 Å². The molecule has 1 aromatic heterocycles. The highest BCUT2D eigenvalue weighted by molar-refractivity contribution is 5.91. The summed E-state index contributed by atoms with van der Waals surface area (Å²) in [7, 11) is 0. The van der Waals surface area contributed by atoms with Gasteiger partial charge in [0.2, 0.25) is 0 Å². The van der Waals surface area contributed by atoms with Crippen LogP contribution in [0.1, 0.15) is 23.2 Å². The first kappa shape index (κ1) is 10.8. The molecule has 78 valence electrons. The van der Waals surface area contributed by atoms with Crippen LogP contribution in [0.2, 0.25) is 0 Å². The van der Waals surface area contributed by atoms with E-state index in [2.05, 4.69) is 10.6 Å². The maximum atomic E-state index is 11.4. The Balaban J connectivity index is 2.29. The van der Waals surface area contributed by atoms with Crippen LogP contribution in [0, 0.1) is 6.92 Å². The predicted molar refractivity (Wildman–Crippen MR) is 54.3 cm³/mol. The monoisotopic (exact) mass is 196 g/mol. The molecule has 14 heavy (non-hydrogen) atoms. The molecule has 1 aromatic rings. The van der Waals surface area contributed by atoms with Gasteiger partial charge in [0.15, 0.2) is 5.76 Å². The number of hydrogen-bond acceptors (Lipinski definition) is 3. The number of aryl methyl sites for hydroxylation is 1. The van der Waals surface area contributed by atoms with E-state index in [4.69, 9.17) is 4.42 Å². The van der Waals surface area contributed by atoms with E-state index in [1.807, 2.05) is 13.8 Å². The maximum Gasteiger partial charge on any atom is 0.287 e. The summed E-state index contributed by atoms with van der Waals surface area (Å²) in [5.41, 5.74) is 0. The first-order chi connectivity index (χ1) is 6.74. The molecule has 4 heteroatoms. The van der Waals surface area contributed by atoms with Crippen LogP contribution >= 0.6 is 0 Å². The smallest absolute Gasteiger partial charge is 0.287 e. The third kappa shape index (κ3) is 3.22. The third-order valence-corrected chi connectivity index (χ3v) is 1.80. The predicted octanol–water partition coefficient (Wildman–Crippen LogP) is 0.927. The minimum absolute atomic E-state index is 0.156. The highest BCUT2D eigenvalue weighted by Gasteiger charge is 2.07. The number of hydrogen-bond donors (Lipinski definition) is 2. The molecule has 0 aromatic carbocycles. The molecule has 0 radical (unpaired) electrons. The summed E-state index contributed by atoms with van der Waals surface area (Å²) in [6.07, 6.45) is 0. The molecule has 0 bridgehead atoms. The van der Waals surface area contributed by atoms with Crippen LogP contribution in [-0.2, 0) is 0 Å². The molecule has 1 amide bonds. The summed E-state index contributed by atoms with van der Waals surface area (Å²) in [6, 6.07) is 3.46. The van der Waals surface area contributed by atoms with Crippen molar-refractivity contribution in [2.45, 2.75) is 13.8 Å². The van der Waals surface area contributed by atoms with Gasteiger partial charge in [-0.25, -0.2) is 0 Å². The Kier molecular flexibility index (Phi) is 4.19. The van der Waals surface area contributed by atoms with E-state index >= 15 is 0 Å². The summed E-state index contributed by atoms with van der Waals surface area (Å²) < 4.78 is 5.17. The van der Waals surface area contributed by atoms with Crippen LogP contribution in [-0.4, -0.2) is 25.5 Å². The van der Waals surface area contributed by atoms with E-state index in [1.165, 1.54) is 0 Å². The van der Waals surface area contributed by atoms with Gasteiger partial charge in [-0.2, -0.15) is 0 Å². The van der Waals surface area contributed by atoms with E-state index in [-0.39, 0.29) is 5.91 Å². The van der Waals surface area contributed by atoms with Gasteiger partial charge in [0.05, 0.1) is 0 Å². The summed E-state index contributed by atoms with van der Waals surface area (Å²) in [6.45, 7) is 6.15. The number of amides is 1. The highest BCUT2D eigenvalue weighted by Crippen LogP contribution is 2.05. The van der Waals surface area contributed by atoms with E-state index < -0.39 is 0 Å². The zero-order valence-corrected chi connectivity index (χ0v) is 8.59. The van der Waals surface area contributed by atoms with Gasteiger partial charge in [0.1, 0.15) is 5.76 Å². The fourth-order valence-corrected chi connectivity index (χ4v) is 1.08. The fourth-order valence-electron chi connectivity index (χ4n) is 1.08. The normalized spacial score (nSPS) is 10.1. The molecular formula is C10H16N2O2. The van der Waals surface area contributed by atoms with Gasteiger partial charge < -0.3 is 15.1 Å². The summed E-state index contributed by atoms with van der Waals surface area (Å²) in [5, 5.41) is 5.87. The minimum atomic E-state index is -0.156. The molecule has 0 atom stereocenters. The van der Waals surface area contributed by atoms with Crippen molar-refractivity contribution in [2.75, 3.05) is 19.6 Å². The summed E-state index contributed by atoms with van der Waals surface area (Å²) in [5.74, 6) is 0.969. The van der Waals surface area contributed by atoms with E-state index in [1.54, 1.807) is 12.1 Å². The Morgan fingerprint density at radius 2 is 2.21 bits per heavy atom. The standard InChI is InChI=1S/C10H16N2O2/c1-3-11-6-7-12-10(13)9-5-4-8(2)14-9/h4-5,11H,3,6-7H2,1-2H3,(H,12,13). The van der Waals surface area contributed by atoms with Crippen LogP contribution in [0.25, 0.3) is 0 Å². The van der Waals surface area contributed by atoms with Crippen molar-refractivity contribution >= 4 is 5.91 Å². The molecule has 0 aliphatic rings. The van der Waals surface area contributed by atoms with E-state index in [0.29, 0.717) is 12.3 Å². The molecule has 0 fully saturated rings. The molecule has 1 heterocycles. The zero-order chi connectivity index (χ0) is 10.4. The molecule has 4 nitrogen and oxygen atoms in total. The van der Waals surface area contributed by atoms with Crippen LogP contribution < -0.4 is 10.6 Å². The first-order valence-electron chi connectivity index (χ1n) is 4.79. The second-order valence-electron chi connectivity index (χ2n) is 3.02. The SMILES string of the molecule is CCNCCNC(=O)c1ccc(C)o1. The van der Waals surface area contributed by atoms with Crippen LogP contribution in [0.4, 0.5) is 0 Å². The molecule has 0 spiro atoms. The minimum Gasteiger partial charge on any atom is -0.456 e. The van der Waals surface area contributed by atoms with Gasteiger partial charge in [-0.3, -0.25) is 4.79 Å². The van der Waals surface area contributed by atoms with Gasteiger partial charge >= 0.3 is 0 Å². The third-order valence-electron chi connectivity index (χ3n) is 1.80.